The van der Waals surface area contributed by atoms with Crippen molar-refractivity contribution >= 4 is 22.6 Å². The number of rotatable bonds is 1. The lowest BCUT2D eigenvalue weighted by Gasteiger charge is -2.09. The lowest BCUT2D eigenvalue weighted by Crippen LogP contribution is -2.24. The summed E-state index contributed by atoms with van der Waals surface area (Å²) in [6, 6.07) is 2.09. The Kier molecular flexibility index (Phi) is 2.17. The van der Waals surface area contributed by atoms with Crippen molar-refractivity contribution in [3.63, 3.8) is 0 Å². The molecule has 6 heteroatoms. The molecule has 1 atom stereocenters. The second kappa shape index (κ2) is 3.35. The summed E-state index contributed by atoms with van der Waals surface area (Å²) < 4.78 is 4.00. The molecule has 1 unspecified atom stereocenters. The smallest absolute Gasteiger partial charge is 0.230 e. The molecule has 0 aliphatic carbocycles. The van der Waals surface area contributed by atoms with E-state index >= 15 is 0 Å². The normalized spacial score (nSPS) is 21.3. The number of carbonyl (C=O) groups excluding carboxylic acids is 1. The minimum atomic E-state index is -0.202. The molecule has 72 valence electrons. The van der Waals surface area contributed by atoms with Gasteiger partial charge in [0.2, 0.25) is 11.0 Å². The van der Waals surface area contributed by atoms with Crippen LogP contribution >= 0.6 is 11.5 Å². The van der Waals surface area contributed by atoms with E-state index in [1.54, 1.807) is 11.8 Å². The molecule has 1 aliphatic heterocycles. The minimum absolute atomic E-state index is 0.0345. The Balaban J connectivity index is 2.21. The van der Waals surface area contributed by atoms with Crippen molar-refractivity contribution in [1.82, 2.24) is 9.36 Å². The molecular weight excluding hydrogens is 200 g/mol. The van der Waals surface area contributed by atoms with Gasteiger partial charge in [-0.3, -0.25) is 9.69 Å². The Labute approximate surface area is 85.1 Å². The van der Waals surface area contributed by atoms with E-state index < -0.39 is 0 Å². The molecule has 0 spiro atoms. The fourth-order valence-corrected chi connectivity index (χ4v) is 2.08. The number of aromatic nitrogens is 2. The zero-order chi connectivity index (χ0) is 10.1. The molecule has 1 aliphatic rings. The van der Waals surface area contributed by atoms with Crippen molar-refractivity contribution in [2.24, 2.45) is 5.92 Å². The van der Waals surface area contributed by atoms with Crippen molar-refractivity contribution in [2.75, 3.05) is 11.4 Å². The van der Waals surface area contributed by atoms with Crippen LogP contribution < -0.4 is 4.90 Å². The maximum Gasteiger partial charge on any atom is 0.230 e. The summed E-state index contributed by atoms with van der Waals surface area (Å²) >= 11 is 1.20. The van der Waals surface area contributed by atoms with Crippen LogP contribution in [0.1, 0.15) is 12.2 Å². The number of carbonyl (C=O) groups is 1. The van der Waals surface area contributed by atoms with E-state index in [9.17, 15) is 4.79 Å². The first-order valence-corrected chi connectivity index (χ1v) is 4.98. The number of aryl methyl sites for hydroxylation is 1. The van der Waals surface area contributed by atoms with Gasteiger partial charge in [-0.25, -0.2) is 4.98 Å². The third-order valence-electron chi connectivity index (χ3n) is 2.06. The second-order valence-corrected chi connectivity index (χ2v) is 3.89. The van der Waals surface area contributed by atoms with Crippen LogP contribution in [0.4, 0.5) is 5.13 Å². The average Bonchev–Trinajstić information content (AvgIpc) is 2.71. The Morgan fingerprint density at radius 2 is 2.50 bits per heavy atom. The number of nitrogens with zero attached hydrogens (tertiary/aromatic N) is 4. The summed E-state index contributed by atoms with van der Waals surface area (Å²) in [6.45, 7) is 2.23. The Bertz CT molecular complexity index is 408. The molecule has 1 amide bonds. The molecule has 2 heterocycles. The highest BCUT2D eigenvalue weighted by Crippen LogP contribution is 2.25. The van der Waals surface area contributed by atoms with Crippen LogP contribution in [0.15, 0.2) is 0 Å². The third kappa shape index (κ3) is 1.46. The van der Waals surface area contributed by atoms with Crippen LogP contribution in [0.3, 0.4) is 0 Å². The first-order valence-electron chi connectivity index (χ1n) is 4.21. The number of hydrogen-bond acceptors (Lipinski definition) is 5. The summed E-state index contributed by atoms with van der Waals surface area (Å²) in [5, 5.41) is 9.29. The maximum atomic E-state index is 11.5. The number of anilines is 1. The predicted molar refractivity (Wildman–Crippen MR) is 50.7 cm³/mol. The van der Waals surface area contributed by atoms with Gasteiger partial charge in [0, 0.05) is 24.5 Å². The van der Waals surface area contributed by atoms with Gasteiger partial charge in [-0.05, 0) is 6.92 Å². The first-order chi connectivity index (χ1) is 6.70. The van der Waals surface area contributed by atoms with Crippen molar-refractivity contribution in [3.8, 4) is 6.07 Å². The molecule has 14 heavy (non-hydrogen) atoms. The first kappa shape index (κ1) is 9.09. The number of amides is 1. The van der Waals surface area contributed by atoms with E-state index in [0.717, 1.165) is 0 Å². The fraction of sp³-hybridized carbons (Fsp3) is 0.500. The van der Waals surface area contributed by atoms with Crippen molar-refractivity contribution in [3.05, 3.63) is 5.82 Å². The largest absolute Gasteiger partial charge is 0.286 e. The fourth-order valence-electron chi connectivity index (χ4n) is 1.37. The van der Waals surface area contributed by atoms with E-state index in [-0.39, 0.29) is 11.8 Å². The SMILES string of the molecule is Cc1nsc(N2CC(C#N)CC2=O)n1. The van der Waals surface area contributed by atoms with Gasteiger partial charge in [-0.2, -0.15) is 9.64 Å². The molecule has 0 N–H and O–H groups in total. The third-order valence-corrected chi connectivity index (χ3v) is 2.89. The highest BCUT2D eigenvalue weighted by atomic mass is 32.1. The zero-order valence-corrected chi connectivity index (χ0v) is 8.41. The molecule has 0 bridgehead atoms. The lowest BCUT2D eigenvalue weighted by molar-refractivity contribution is -0.117. The van der Waals surface area contributed by atoms with Crippen molar-refractivity contribution in [1.29, 1.82) is 5.26 Å². The molecule has 1 aromatic heterocycles. The number of nitriles is 1. The zero-order valence-electron chi connectivity index (χ0n) is 7.60. The van der Waals surface area contributed by atoms with Gasteiger partial charge in [0.25, 0.3) is 0 Å². The molecule has 5 nitrogen and oxygen atoms in total. The molecule has 0 radical (unpaired) electrons. The Morgan fingerprint density at radius 1 is 1.71 bits per heavy atom. The summed E-state index contributed by atoms with van der Waals surface area (Å²) in [5.41, 5.74) is 0. The van der Waals surface area contributed by atoms with Crippen LogP contribution in [0, 0.1) is 24.2 Å². The lowest BCUT2D eigenvalue weighted by atomic mass is 10.1. The molecule has 1 saturated heterocycles. The van der Waals surface area contributed by atoms with E-state index in [4.69, 9.17) is 5.26 Å². The summed E-state index contributed by atoms with van der Waals surface area (Å²) in [6.07, 6.45) is 0.301. The highest BCUT2D eigenvalue weighted by molar-refractivity contribution is 7.09. The van der Waals surface area contributed by atoms with Gasteiger partial charge in [0.1, 0.15) is 5.82 Å². The summed E-state index contributed by atoms with van der Waals surface area (Å²) in [5.74, 6) is 0.428. The molecule has 0 aromatic carbocycles. The van der Waals surface area contributed by atoms with Gasteiger partial charge in [-0.1, -0.05) is 0 Å². The topological polar surface area (TPSA) is 69.9 Å². The Morgan fingerprint density at radius 3 is 3.00 bits per heavy atom. The van der Waals surface area contributed by atoms with Gasteiger partial charge < -0.3 is 0 Å². The molecule has 2 rings (SSSR count). The highest BCUT2D eigenvalue weighted by Gasteiger charge is 2.32. The predicted octanol–water partition coefficient (Wildman–Crippen LogP) is 0.723. The van der Waals surface area contributed by atoms with E-state index in [2.05, 4.69) is 15.4 Å². The van der Waals surface area contributed by atoms with Crippen molar-refractivity contribution < 1.29 is 4.79 Å². The van der Waals surface area contributed by atoms with Gasteiger partial charge in [0.05, 0.1) is 12.0 Å². The van der Waals surface area contributed by atoms with E-state index in [0.29, 0.717) is 23.9 Å². The Hall–Kier alpha value is -1.48. The summed E-state index contributed by atoms with van der Waals surface area (Å²) in [7, 11) is 0. The second-order valence-electron chi connectivity index (χ2n) is 3.16. The van der Waals surface area contributed by atoms with Crippen LogP contribution in [0.25, 0.3) is 0 Å². The maximum absolute atomic E-state index is 11.5. The molecular formula is C8H8N4OS. The van der Waals surface area contributed by atoms with Crippen LogP contribution in [0.5, 0.6) is 0 Å². The molecule has 1 aromatic rings. The average molecular weight is 208 g/mol. The van der Waals surface area contributed by atoms with Crippen LogP contribution in [-0.4, -0.2) is 21.8 Å². The summed E-state index contributed by atoms with van der Waals surface area (Å²) in [4.78, 5) is 17.1. The van der Waals surface area contributed by atoms with Gasteiger partial charge >= 0.3 is 0 Å². The standard InChI is InChI=1S/C8H8N4OS/c1-5-10-8(14-11-5)12-4-6(3-9)2-7(12)13/h6H,2,4H2,1H3. The van der Waals surface area contributed by atoms with E-state index in [1.165, 1.54) is 11.5 Å². The van der Waals surface area contributed by atoms with Crippen LogP contribution in [0.2, 0.25) is 0 Å². The quantitative estimate of drug-likeness (QED) is 0.682. The van der Waals surface area contributed by atoms with Crippen molar-refractivity contribution in [2.45, 2.75) is 13.3 Å². The number of hydrogen-bond donors (Lipinski definition) is 0. The minimum Gasteiger partial charge on any atom is -0.286 e. The molecule has 0 saturated carbocycles. The van der Waals surface area contributed by atoms with Crippen LogP contribution in [-0.2, 0) is 4.79 Å². The van der Waals surface area contributed by atoms with E-state index in [1.807, 2.05) is 0 Å². The monoisotopic (exact) mass is 208 g/mol. The van der Waals surface area contributed by atoms with Gasteiger partial charge in [-0.15, -0.1) is 0 Å². The molecule has 1 fully saturated rings. The van der Waals surface area contributed by atoms with Gasteiger partial charge in [0.15, 0.2) is 0 Å².